The molecule has 7 heteroatoms. The van der Waals surface area contributed by atoms with Crippen molar-refractivity contribution in [2.75, 3.05) is 11.9 Å². The van der Waals surface area contributed by atoms with Gasteiger partial charge in [0.15, 0.2) is 11.5 Å². The minimum Gasteiger partial charge on any atom is -0.461 e. The number of hydrogen-bond acceptors (Lipinski definition) is 4. The van der Waals surface area contributed by atoms with Crippen molar-refractivity contribution >= 4 is 23.5 Å². The van der Waals surface area contributed by atoms with Gasteiger partial charge in [0.1, 0.15) is 5.65 Å². The highest BCUT2D eigenvalue weighted by Gasteiger charge is 2.26. The molecule has 0 saturated heterocycles. The van der Waals surface area contributed by atoms with E-state index in [0.717, 1.165) is 12.8 Å². The molecule has 110 valence electrons. The first kappa shape index (κ1) is 13.4. The van der Waals surface area contributed by atoms with E-state index in [-0.39, 0.29) is 30.2 Å². The molecule has 0 spiro atoms. The molecule has 7 nitrogen and oxygen atoms in total. The summed E-state index contributed by atoms with van der Waals surface area (Å²) in [6.45, 7) is 1.99. The second kappa shape index (κ2) is 5.43. The van der Waals surface area contributed by atoms with Crippen LogP contribution in [-0.2, 0) is 4.74 Å². The average molecular weight is 288 g/mol. The van der Waals surface area contributed by atoms with E-state index in [9.17, 15) is 9.59 Å². The molecule has 3 rings (SSSR count). The monoisotopic (exact) mass is 288 g/mol. The molecule has 0 unspecified atom stereocenters. The van der Waals surface area contributed by atoms with Crippen LogP contribution in [0.15, 0.2) is 24.4 Å². The van der Waals surface area contributed by atoms with Gasteiger partial charge in [-0.3, -0.25) is 9.72 Å². The largest absolute Gasteiger partial charge is 0.461 e. The quantitative estimate of drug-likeness (QED) is 0.840. The second-order valence-corrected chi connectivity index (χ2v) is 4.83. The van der Waals surface area contributed by atoms with Crippen LogP contribution in [0.1, 0.15) is 30.3 Å². The number of esters is 1. The number of imidazole rings is 1. The number of hydrogen-bond donors (Lipinski definition) is 2. The van der Waals surface area contributed by atoms with Gasteiger partial charge in [-0.05, 0) is 31.9 Å². The Morgan fingerprint density at radius 2 is 2.24 bits per heavy atom. The zero-order valence-corrected chi connectivity index (χ0v) is 11.6. The maximum atomic E-state index is 12.1. The number of aromatic nitrogens is 2. The highest BCUT2D eigenvalue weighted by molar-refractivity contribution is 5.99. The molecule has 2 aromatic rings. The van der Waals surface area contributed by atoms with Gasteiger partial charge in [0, 0.05) is 12.2 Å². The van der Waals surface area contributed by atoms with Crippen molar-refractivity contribution in [1.82, 2.24) is 14.7 Å². The van der Waals surface area contributed by atoms with E-state index >= 15 is 0 Å². The molecular weight excluding hydrogens is 272 g/mol. The summed E-state index contributed by atoms with van der Waals surface area (Å²) in [4.78, 5) is 28.2. The van der Waals surface area contributed by atoms with Crippen molar-refractivity contribution < 1.29 is 14.3 Å². The molecule has 1 saturated carbocycles. The zero-order valence-electron chi connectivity index (χ0n) is 11.6. The highest BCUT2D eigenvalue weighted by atomic mass is 16.5. The maximum absolute atomic E-state index is 12.1. The molecule has 0 bridgehead atoms. The van der Waals surface area contributed by atoms with Gasteiger partial charge >= 0.3 is 12.0 Å². The number of ether oxygens (including phenoxy) is 1. The Hall–Kier alpha value is -2.57. The number of fused-ring (bicyclic) bond motifs is 1. The number of carbonyl (C=O) groups excluding carboxylic acids is 2. The molecule has 2 heterocycles. The number of anilines is 1. The van der Waals surface area contributed by atoms with E-state index in [1.807, 2.05) is 6.07 Å². The lowest BCUT2D eigenvalue weighted by atomic mass is 10.4. The lowest BCUT2D eigenvalue weighted by molar-refractivity contribution is 0.0519. The van der Waals surface area contributed by atoms with E-state index in [2.05, 4.69) is 15.6 Å². The number of nitrogens with one attached hydrogen (secondary N) is 2. The first-order chi connectivity index (χ1) is 10.2. The highest BCUT2D eigenvalue weighted by Crippen LogP contribution is 2.21. The summed E-state index contributed by atoms with van der Waals surface area (Å²) in [5.41, 5.74) is 0.792. The third kappa shape index (κ3) is 2.81. The molecule has 1 aliphatic carbocycles. The van der Waals surface area contributed by atoms with Crippen LogP contribution < -0.4 is 10.6 Å². The minimum atomic E-state index is -0.516. The lowest BCUT2D eigenvalue weighted by Gasteiger charge is -2.06. The molecule has 2 N–H and O–H groups in total. The summed E-state index contributed by atoms with van der Waals surface area (Å²) >= 11 is 0. The number of rotatable bonds is 4. The Morgan fingerprint density at radius 1 is 1.43 bits per heavy atom. The third-order valence-corrected chi connectivity index (χ3v) is 3.14. The van der Waals surface area contributed by atoms with Crippen molar-refractivity contribution in [3.63, 3.8) is 0 Å². The summed E-state index contributed by atoms with van der Waals surface area (Å²) in [5, 5.41) is 5.42. The van der Waals surface area contributed by atoms with Gasteiger partial charge in [-0.2, -0.15) is 0 Å². The van der Waals surface area contributed by atoms with E-state index in [4.69, 9.17) is 4.74 Å². The van der Waals surface area contributed by atoms with Crippen molar-refractivity contribution in [1.29, 1.82) is 0 Å². The van der Waals surface area contributed by atoms with Gasteiger partial charge < -0.3 is 10.1 Å². The minimum absolute atomic E-state index is 0.206. The second-order valence-electron chi connectivity index (χ2n) is 4.83. The van der Waals surface area contributed by atoms with Crippen molar-refractivity contribution in [3.8, 4) is 0 Å². The summed E-state index contributed by atoms with van der Waals surface area (Å²) in [5.74, 6) is -0.310. The van der Waals surface area contributed by atoms with Gasteiger partial charge in [0.25, 0.3) is 0 Å². The van der Waals surface area contributed by atoms with Crippen LogP contribution in [0, 0.1) is 0 Å². The van der Waals surface area contributed by atoms with Crippen LogP contribution in [0.25, 0.3) is 5.65 Å². The molecule has 0 radical (unpaired) electrons. The fourth-order valence-corrected chi connectivity index (χ4v) is 2.03. The molecule has 21 heavy (non-hydrogen) atoms. The lowest BCUT2D eigenvalue weighted by Crippen LogP contribution is -2.31. The van der Waals surface area contributed by atoms with Gasteiger partial charge in [-0.15, -0.1) is 0 Å². The van der Waals surface area contributed by atoms with Crippen molar-refractivity contribution in [2.24, 2.45) is 0 Å². The molecule has 2 aromatic heterocycles. The number of urea groups is 1. The number of amides is 2. The Morgan fingerprint density at radius 3 is 2.95 bits per heavy atom. The number of carbonyl (C=O) groups is 2. The van der Waals surface area contributed by atoms with Crippen LogP contribution in [0.3, 0.4) is 0 Å². The van der Waals surface area contributed by atoms with Crippen molar-refractivity contribution in [2.45, 2.75) is 25.8 Å². The molecule has 0 atom stereocenters. The van der Waals surface area contributed by atoms with Crippen LogP contribution in [0.2, 0.25) is 0 Å². The Bertz CT molecular complexity index is 691. The summed E-state index contributed by atoms with van der Waals surface area (Å²) < 4.78 is 6.64. The topological polar surface area (TPSA) is 84.7 Å². The molecule has 1 fully saturated rings. The summed E-state index contributed by atoms with van der Waals surface area (Å²) in [6.07, 6.45) is 3.69. The normalized spacial score (nSPS) is 14.0. The summed E-state index contributed by atoms with van der Waals surface area (Å²) in [6, 6.07) is 5.23. The van der Waals surface area contributed by atoms with E-state index in [0.29, 0.717) is 5.65 Å². The number of nitrogens with zero attached hydrogens (tertiary/aromatic N) is 2. The predicted octanol–water partition coefficient (Wildman–Crippen LogP) is 1.79. The number of pyridine rings is 1. The first-order valence-corrected chi connectivity index (χ1v) is 6.90. The summed E-state index contributed by atoms with van der Waals surface area (Å²) in [7, 11) is 0. The molecular formula is C14H16N4O3. The van der Waals surface area contributed by atoms with E-state index < -0.39 is 5.97 Å². The van der Waals surface area contributed by atoms with Crippen LogP contribution in [0.4, 0.5) is 10.6 Å². The zero-order chi connectivity index (χ0) is 14.8. The third-order valence-electron chi connectivity index (χ3n) is 3.14. The molecule has 1 aliphatic rings. The van der Waals surface area contributed by atoms with E-state index in [1.165, 1.54) is 0 Å². The van der Waals surface area contributed by atoms with Gasteiger partial charge in [0.05, 0.1) is 6.61 Å². The average Bonchev–Trinajstić information content (AvgIpc) is 3.18. The first-order valence-electron chi connectivity index (χ1n) is 6.90. The molecule has 0 aromatic carbocycles. The fourth-order valence-electron chi connectivity index (χ4n) is 2.03. The molecule has 2 amide bonds. The van der Waals surface area contributed by atoms with Crippen LogP contribution in [0.5, 0.6) is 0 Å². The van der Waals surface area contributed by atoms with Crippen LogP contribution >= 0.6 is 0 Å². The van der Waals surface area contributed by atoms with Gasteiger partial charge in [-0.25, -0.2) is 14.6 Å². The smallest absolute Gasteiger partial charge is 0.359 e. The van der Waals surface area contributed by atoms with Gasteiger partial charge in [0.2, 0.25) is 0 Å². The Balaban J connectivity index is 1.93. The van der Waals surface area contributed by atoms with Crippen molar-refractivity contribution in [3.05, 3.63) is 30.1 Å². The molecule has 0 aliphatic heterocycles. The Kier molecular flexibility index (Phi) is 3.47. The predicted molar refractivity (Wildman–Crippen MR) is 76.3 cm³/mol. The van der Waals surface area contributed by atoms with Crippen LogP contribution in [-0.4, -0.2) is 34.0 Å². The van der Waals surface area contributed by atoms with E-state index in [1.54, 1.807) is 29.7 Å². The SMILES string of the molecule is CCOC(=O)c1c(NC(=O)NC2CC2)nc2ccccn12. The van der Waals surface area contributed by atoms with Gasteiger partial charge in [-0.1, -0.05) is 6.07 Å². The maximum Gasteiger partial charge on any atom is 0.359 e. The standard InChI is InChI=1S/C14H16N4O3/c1-2-21-13(19)11-12(17-14(20)15-9-6-7-9)16-10-5-3-4-8-18(10)11/h3-5,8-9H,2,6-7H2,1H3,(H2,15,17,20). The fraction of sp³-hybridized carbons (Fsp3) is 0.357. The Labute approximate surface area is 121 Å².